The van der Waals surface area contributed by atoms with Crippen molar-refractivity contribution in [3.8, 4) is 0 Å². The number of anilines is 4. The van der Waals surface area contributed by atoms with E-state index in [2.05, 4.69) is 25.5 Å². The summed E-state index contributed by atoms with van der Waals surface area (Å²) in [5.74, 6) is 1.13. The molecule has 0 aliphatic carbocycles. The third kappa shape index (κ3) is 6.32. The Labute approximate surface area is 178 Å². The van der Waals surface area contributed by atoms with Crippen LogP contribution in [0.25, 0.3) is 0 Å². The summed E-state index contributed by atoms with van der Waals surface area (Å²) < 4.78 is 5.25. The molecule has 162 valence electrons. The molecule has 0 spiro atoms. The maximum Gasteiger partial charge on any atom is 0.338 e. The first-order valence-electron chi connectivity index (χ1n) is 10.6. The summed E-state index contributed by atoms with van der Waals surface area (Å²) in [6.07, 6.45) is 5.37. The van der Waals surface area contributed by atoms with Crippen LogP contribution < -0.4 is 16.4 Å². The predicted octanol–water partition coefficient (Wildman–Crippen LogP) is 3.51. The minimum Gasteiger partial charge on any atom is -0.462 e. The SMILES string of the molecule is CC(C)COC(=O)c1ccc(Nc2ncnc(NCCN3CCCCC3)c2N)cc1. The van der Waals surface area contributed by atoms with E-state index in [9.17, 15) is 4.79 Å². The van der Waals surface area contributed by atoms with Crippen LogP contribution >= 0.6 is 0 Å². The second kappa shape index (κ2) is 10.8. The van der Waals surface area contributed by atoms with Crippen LogP contribution in [-0.4, -0.2) is 53.6 Å². The molecular weight excluding hydrogens is 380 g/mol. The molecule has 2 heterocycles. The van der Waals surface area contributed by atoms with Crippen molar-refractivity contribution in [1.29, 1.82) is 0 Å². The number of rotatable bonds is 9. The summed E-state index contributed by atoms with van der Waals surface area (Å²) >= 11 is 0. The van der Waals surface area contributed by atoms with E-state index in [1.807, 2.05) is 13.8 Å². The fourth-order valence-corrected chi connectivity index (χ4v) is 3.30. The first kappa shape index (κ1) is 21.8. The maximum atomic E-state index is 12.0. The summed E-state index contributed by atoms with van der Waals surface area (Å²) in [4.78, 5) is 23.0. The van der Waals surface area contributed by atoms with Crippen LogP contribution in [-0.2, 0) is 4.74 Å². The first-order valence-corrected chi connectivity index (χ1v) is 10.6. The van der Waals surface area contributed by atoms with Crippen molar-refractivity contribution in [1.82, 2.24) is 14.9 Å². The molecular formula is C22H32N6O2. The number of nitrogens with two attached hydrogens (primary N) is 1. The van der Waals surface area contributed by atoms with Crippen molar-refractivity contribution in [2.24, 2.45) is 5.92 Å². The molecule has 1 aliphatic rings. The molecule has 0 atom stereocenters. The Morgan fingerprint density at radius 1 is 1.13 bits per heavy atom. The number of hydrogen-bond acceptors (Lipinski definition) is 8. The molecule has 0 unspecified atom stereocenters. The number of hydrogen-bond donors (Lipinski definition) is 3. The van der Waals surface area contributed by atoms with E-state index in [1.54, 1.807) is 24.3 Å². The van der Waals surface area contributed by atoms with E-state index in [-0.39, 0.29) is 5.97 Å². The summed E-state index contributed by atoms with van der Waals surface area (Å²) in [6.45, 7) is 8.49. The predicted molar refractivity (Wildman–Crippen MR) is 120 cm³/mol. The minimum atomic E-state index is -0.322. The minimum absolute atomic E-state index is 0.304. The largest absolute Gasteiger partial charge is 0.462 e. The number of piperidine rings is 1. The summed E-state index contributed by atoms with van der Waals surface area (Å²) in [5, 5.41) is 6.50. The van der Waals surface area contributed by atoms with Gasteiger partial charge >= 0.3 is 5.97 Å². The Hall–Kier alpha value is -2.87. The van der Waals surface area contributed by atoms with Crippen LogP contribution in [0.5, 0.6) is 0 Å². The third-order valence-corrected chi connectivity index (χ3v) is 4.98. The second-order valence-corrected chi connectivity index (χ2v) is 8.01. The molecule has 3 rings (SSSR count). The van der Waals surface area contributed by atoms with Gasteiger partial charge < -0.3 is 26.0 Å². The Morgan fingerprint density at radius 3 is 2.53 bits per heavy atom. The van der Waals surface area contributed by atoms with Gasteiger partial charge in [-0.15, -0.1) is 0 Å². The monoisotopic (exact) mass is 412 g/mol. The highest BCUT2D eigenvalue weighted by atomic mass is 16.5. The zero-order valence-corrected chi connectivity index (χ0v) is 17.9. The molecule has 1 fully saturated rings. The lowest BCUT2D eigenvalue weighted by molar-refractivity contribution is 0.0459. The fourth-order valence-electron chi connectivity index (χ4n) is 3.30. The van der Waals surface area contributed by atoms with Crippen molar-refractivity contribution in [2.45, 2.75) is 33.1 Å². The number of likely N-dealkylation sites (tertiary alicyclic amines) is 1. The highest BCUT2D eigenvalue weighted by Gasteiger charge is 2.12. The number of nitrogens with zero attached hydrogens (tertiary/aromatic N) is 3. The summed E-state index contributed by atoms with van der Waals surface area (Å²) in [7, 11) is 0. The standard InChI is InChI=1S/C22H32N6O2/c1-16(2)14-30-22(29)17-6-8-18(9-7-17)27-21-19(23)20(25-15-26-21)24-10-13-28-11-4-3-5-12-28/h6-9,15-16H,3-5,10-14,23H2,1-2H3,(H2,24,25,26,27). The molecule has 0 amide bonds. The van der Waals surface area contributed by atoms with Gasteiger partial charge in [-0.05, 0) is 56.1 Å². The number of carbonyl (C=O) groups is 1. The topological polar surface area (TPSA) is 105 Å². The smallest absolute Gasteiger partial charge is 0.338 e. The zero-order chi connectivity index (χ0) is 21.3. The van der Waals surface area contributed by atoms with Gasteiger partial charge in [0.1, 0.15) is 12.0 Å². The number of carbonyl (C=O) groups excluding carboxylic acids is 1. The van der Waals surface area contributed by atoms with Crippen LogP contribution in [0, 0.1) is 5.92 Å². The van der Waals surface area contributed by atoms with Gasteiger partial charge in [0.2, 0.25) is 0 Å². The van der Waals surface area contributed by atoms with Gasteiger partial charge in [-0.1, -0.05) is 20.3 Å². The lowest BCUT2D eigenvalue weighted by atomic mass is 10.1. The van der Waals surface area contributed by atoms with Gasteiger partial charge in [-0.2, -0.15) is 0 Å². The van der Waals surface area contributed by atoms with Crippen molar-refractivity contribution in [3.63, 3.8) is 0 Å². The van der Waals surface area contributed by atoms with Crippen LogP contribution in [0.15, 0.2) is 30.6 Å². The van der Waals surface area contributed by atoms with E-state index in [4.69, 9.17) is 10.5 Å². The molecule has 4 N–H and O–H groups in total. The first-order chi connectivity index (χ1) is 14.5. The fraction of sp³-hybridized carbons (Fsp3) is 0.500. The Kier molecular flexibility index (Phi) is 7.84. The molecule has 8 heteroatoms. The molecule has 1 aromatic heterocycles. The lowest BCUT2D eigenvalue weighted by Crippen LogP contribution is -2.33. The number of ether oxygens (including phenoxy) is 1. The molecule has 0 bridgehead atoms. The number of benzene rings is 1. The highest BCUT2D eigenvalue weighted by Crippen LogP contribution is 2.26. The maximum absolute atomic E-state index is 12.0. The molecule has 1 aromatic carbocycles. The van der Waals surface area contributed by atoms with E-state index in [1.165, 1.54) is 25.6 Å². The van der Waals surface area contributed by atoms with Gasteiger partial charge in [-0.3, -0.25) is 0 Å². The van der Waals surface area contributed by atoms with Crippen molar-refractivity contribution in [2.75, 3.05) is 49.2 Å². The molecule has 0 saturated carbocycles. The number of aromatic nitrogens is 2. The second-order valence-electron chi connectivity index (χ2n) is 8.01. The highest BCUT2D eigenvalue weighted by molar-refractivity contribution is 5.90. The molecule has 2 aromatic rings. The van der Waals surface area contributed by atoms with E-state index < -0.39 is 0 Å². The normalized spacial score (nSPS) is 14.5. The van der Waals surface area contributed by atoms with Gasteiger partial charge in [0.05, 0.1) is 12.2 Å². The van der Waals surface area contributed by atoms with Gasteiger partial charge in [-0.25, -0.2) is 14.8 Å². The molecule has 0 radical (unpaired) electrons. The van der Waals surface area contributed by atoms with Crippen molar-refractivity contribution in [3.05, 3.63) is 36.2 Å². The Bertz CT molecular complexity index is 819. The van der Waals surface area contributed by atoms with Crippen LogP contribution in [0.1, 0.15) is 43.5 Å². The molecule has 1 aliphatic heterocycles. The van der Waals surface area contributed by atoms with Crippen molar-refractivity contribution < 1.29 is 9.53 Å². The molecule has 1 saturated heterocycles. The van der Waals surface area contributed by atoms with Crippen molar-refractivity contribution >= 4 is 29.0 Å². The number of esters is 1. The quantitative estimate of drug-likeness (QED) is 0.537. The van der Waals surface area contributed by atoms with Gasteiger partial charge in [0, 0.05) is 18.8 Å². The molecule has 30 heavy (non-hydrogen) atoms. The Balaban J connectivity index is 1.55. The van der Waals surface area contributed by atoms with E-state index in [0.717, 1.165) is 31.9 Å². The Morgan fingerprint density at radius 2 is 1.83 bits per heavy atom. The van der Waals surface area contributed by atoms with Gasteiger partial charge in [0.15, 0.2) is 11.6 Å². The zero-order valence-electron chi connectivity index (χ0n) is 17.9. The summed E-state index contributed by atoms with van der Waals surface area (Å²) in [6, 6.07) is 7.05. The molecule has 8 nitrogen and oxygen atoms in total. The number of nitrogen functional groups attached to an aromatic ring is 1. The van der Waals surface area contributed by atoms with Gasteiger partial charge in [0.25, 0.3) is 0 Å². The average Bonchev–Trinajstić information content (AvgIpc) is 2.76. The number of nitrogens with one attached hydrogen (secondary N) is 2. The lowest BCUT2D eigenvalue weighted by Gasteiger charge is -2.26. The summed E-state index contributed by atoms with van der Waals surface area (Å²) in [5.41, 5.74) is 8.02. The van der Waals surface area contributed by atoms with Crippen LogP contribution in [0.4, 0.5) is 23.0 Å². The third-order valence-electron chi connectivity index (χ3n) is 4.98. The van der Waals surface area contributed by atoms with E-state index in [0.29, 0.717) is 35.4 Å². The van der Waals surface area contributed by atoms with Crippen LogP contribution in [0.2, 0.25) is 0 Å². The average molecular weight is 413 g/mol. The van der Waals surface area contributed by atoms with E-state index >= 15 is 0 Å². The van der Waals surface area contributed by atoms with Crippen LogP contribution in [0.3, 0.4) is 0 Å².